The lowest BCUT2D eigenvalue weighted by molar-refractivity contribution is -0.385. The molecule has 2 atom stereocenters. The van der Waals surface area contributed by atoms with Crippen molar-refractivity contribution in [2.45, 2.75) is 45.2 Å². The van der Waals surface area contributed by atoms with Gasteiger partial charge in [-0.1, -0.05) is 11.6 Å². The molecule has 0 bridgehead atoms. The first-order chi connectivity index (χ1) is 11.3. The van der Waals surface area contributed by atoms with E-state index >= 15 is 0 Å². The number of carbonyl (C=O) groups excluding carboxylic acids is 2. The number of piperidine rings is 1. The second-order valence-corrected chi connectivity index (χ2v) is 6.36. The van der Waals surface area contributed by atoms with Crippen molar-refractivity contribution < 1.29 is 19.2 Å². The van der Waals surface area contributed by atoms with Crippen molar-refractivity contribution in [1.29, 1.82) is 0 Å². The maximum Gasteiger partial charge on any atom is 0.345 e. The first-order valence-corrected chi connectivity index (χ1v) is 8.11. The summed E-state index contributed by atoms with van der Waals surface area (Å²) in [5.41, 5.74) is -0.670. The van der Waals surface area contributed by atoms with Crippen molar-refractivity contribution in [3.8, 4) is 0 Å². The lowest BCUT2D eigenvalue weighted by Crippen LogP contribution is -2.49. The van der Waals surface area contributed by atoms with Gasteiger partial charge < -0.3 is 9.64 Å². The standard InChI is InChI=1S/C16H19ClN2O5/c1-10-4-3-5-11(2)18(10)15(20)9-24-16(21)13-8-12(17)6-7-14(13)19(22)23/h6-8,10-11H,3-5,9H2,1-2H3/t10-,11-/m1/s1. The van der Waals surface area contributed by atoms with Crippen LogP contribution in [-0.4, -0.2) is 40.4 Å². The van der Waals surface area contributed by atoms with Crippen LogP contribution in [0.2, 0.25) is 5.02 Å². The third-order valence-electron chi connectivity index (χ3n) is 4.18. The highest BCUT2D eigenvalue weighted by atomic mass is 35.5. The summed E-state index contributed by atoms with van der Waals surface area (Å²) in [7, 11) is 0. The second kappa shape index (κ2) is 7.61. The van der Waals surface area contributed by atoms with Crippen LogP contribution in [-0.2, 0) is 9.53 Å². The Morgan fingerprint density at radius 2 is 1.96 bits per heavy atom. The van der Waals surface area contributed by atoms with Crippen molar-refractivity contribution in [2.75, 3.05) is 6.61 Å². The van der Waals surface area contributed by atoms with Gasteiger partial charge in [-0.05, 0) is 45.2 Å². The van der Waals surface area contributed by atoms with Gasteiger partial charge >= 0.3 is 5.97 Å². The van der Waals surface area contributed by atoms with E-state index in [1.807, 2.05) is 13.8 Å². The zero-order valence-corrected chi connectivity index (χ0v) is 14.3. The minimum Gasteiger partial charge on any atom is -0.452 e. The molecule has 1 fully saturated rings. The Morgan fingerprint density at radius 3 is 2.54 bits per heavy atom. The van der Waals surface area contributed by atoms with Crippen molar-refractivity contribution in [2.24, 2.45) is 0 Å². The molecule has 0 radical (unpaired) electrons. The van der Waals surface area contributed by atoms with Crippen LogP contribution >= 0.6 is 11.6 Å². The number of nitro benzene ring substituents is 1. The molecule has 0 spiro atoms. The van der Waals surface area contributed by atoms with Gasteiger partial charge in [-0.15, -0.1) is 0 Å². The maximum absolute atomic E-state index is 12.3. The molecular weight excluding hydrogens is 336 g/mol. The molecule has 1 amide bonds. The quantitative estimate of drug-likeness (QED) is 0.470. The minimum atomic E-state index is -0.935. The van der Waals surface area contributed by atoms with Crippen molar-refractivity contribution >= 4 is 29.2 Å². The van der Waals surface area contributed by atoms with Crippen LogP contribution in [0.15, 0.2) is 18.2 Å². The van der Waals surface area contributed by atoms with Crippen molar-refractivity contribution in [3.63, 3.8) is 0 Å². The third-order valence-corrected chi connectivity index (χ3v) is 4.42. The van der Waals surface area contributed by atoms with Crippen LogP contribution in [0.1, 0.15) is 43.5 Å². The summed E-state index contributed by atoms with van der Waals surface area (Å²) >= 11 is 5.78. The normalized spacial score (nSPS) is 20.5. The van der Waals surface area contributed by atoms with E-state index in [-0.39, 0.29) is 28.6 Å². The van der Waals surface area contributed by atoms with E-state index in [2.05, 4.69) is 0 Å². The molecule has 1 aliphatic rings. The highest BCUT2D eigenvalue weighted by Crippen LogP contribution is 2.25. The number of ether oxygens (including phenoxy) is 1. The zero-order valence-electron chi connectivity index (χ0n) is 13.5. The number of amides is 1. The Hall–Kier alpha value is -2.15. The first-order valence-electron chi connectivity index (χ1n) is 7.73. The Bertz CT molecular complexity index is 654. The predicted molar refractivity (Wildman–Crippen MR) is 88.0 cm³/mol. The lowest BCUT2D eigenvalue weighted by atomic mass is 9.97. The van der Waals surface area contributed by atoms with Gasteiger partial charge in [0.1, 0.15) is 5.56 Å². The van der Waals surface area contributed by atoms with Crippen LogP contribution < -0.4 is 0 Å². The molecule has 8 heteroatoms. The number of nitrogens with zero attached hydrogens (tertiary/aromatic N) is 2. The van der Waals surface area contributed by atoms with E-state index in [4.69, 9.17) is 16.3 Å². The fraction of sp³-hybridized carbons (Fsp3) is 0.500. The van der Waals surface area contributed by atoms with E-state index in [9.17, 15) is 19.7 Å². The average Bonchev–Trinajstić information content (AvgIpc) is 2.52. The number of nitro groups is 1. The van der Waals surface area contributed by atoms with Gasteiger partial charge in [0.25, 0.3) is 11.6 Å². The molecule has 0 saturated carbocycles. The smallest absolute Gasteiger partial charge is 0.345 e. The van der Waals surface area contributed by atoms with Gasteiger partial charge in [0, 0.05) is 23.2 Å². The lowest BCUT2D eigenvalue weighted by Gasteiger charge is -2.38. The highest BCUT2D eigenvalue weighted by Gasteiger charge is 2.30. The SMILES string of the molecule is C[C@@H]1CCC[C@@H](C)N1C(=O)COC(=O)c1cc(Cl)ccc1[N+](=O)[O-]. The Kier molecular flexibility index (Phi) is 5.77. The summed E-state index contributed by atoms with van der Waals surface area (Å²) in [6.07, 6.45) is 2.87. The molecule has 1 aromatic carbocycles. The molecule has 0 aliphatic carbocycles. The summed E-state index contributed by atoms with van der Waals surface area (Å²) in [4.78, 5) is 36.5. The summed E-state index contributed by atoms with van der Waals surface area (Å²) in [6.45, 7) is 3.46. The van der Waals surface area contributed by atoms with Gasteiger partial charge in [0.15, 0.2) is 6.61 Å². The van der Waals surface area contributed by atoms with Gasteiger partial charge in [-0.25, -0.2) is 4.79 Å². The zero-order chi connectivity index (χ0) is 17.9. The van der Waals surface area contributed by atoms with Crippen LogP contribution in [0.5, 0.6) is 0 Å². The molecule has 1 aliphatic heterocycles. The van der Waals surface area contributed by atoms with E-state index < -0.39 is 23.2 Å². The number of rotatable bonds is 4. The molecule has 1 heterocycles. The van der Waals surface area contributed by atoms with E-state index in [0.717, 1.165) is 25.3 Å². The van der Waals surface area contributed by atoms with Gasteiger partial charge in [-0.2, -0.15) is 0 Å². The molecule has 7 nitrogen and oxygen atoms in total. The second-order valence-electron chi connectivity index (χ2n) is 5.92. The molecule has 24 heavy (non-hydrogen) atoms. The summed E-state index contributed by atoms with van der Waals surface area (Å²) in [5.74, 6) is -1.23. The largest absolute Gasteiger partial charge is 0.452 e. The van der Waals surface area contributed by atoms with Gasteiger partial charge in [0.2, 0.25) is 0 Å². The topological polar surface area (TPSA) is 89.8 Å². The fourth-order valence-electron chi connectivity index (χ4n) is 3.02. The van der Waals surface area contributed by atoms with Crippen molar-refractivity contribution in [3.05, 3.63) is 38.9 Å². The third kappa shape index (κ3) is 4.03. The van der Waals surface area contributed by atoms with Crippen molar-refractivity contribution in [1.82, 2.24) is 4.90 Å². The highest BCUT2D eigenvalue weighted by molar-refractivity contribution is 6.31. The molecule has 1 saturated heterocycles. The monoisotopic (exact) mass is 354 g/mol. The molecule has 0 aromatic heterocycles. The molecule has 0 unspecified atom stereocenters. The Balaban J connectivity index is 2.07. The molecule has 0 N–H and O–H groups in total. The number of halogens is 1. The molecule has 2 rings (SSSR count). The fourth-order valence-corrected chi connectivity index (χ4v) is 3.20. The first kappa shape index (κ1) is 18.2. The average molecular weight is 355 g/mol. The van der Waals surface area contributed by atoms with Crippen LogP contribution in [0.3, 0.4) is 0 Å². The number of hydrogen-bond donors (Lipinski definition) is 0. The predicted octanol–water partition coefficient (Wildman–Crippen LogP) is 3.19. The van der Waals surface area contributed by atoms with Crippen LogP contribution in [0, 0.1) is 10.1 Å². The van der Waals surface area contributed by atoms with E-state index in [1.54, 1.807) is 4.90 Å². The molecule has 1 aromatic rings. The molecule has 130 valence electrons. The summed E-state index contributed by atoms with van der Waals surface area (Å²) in [6, 6.07) is 3.79. The van der Waals surface area contributed by atoms with Crippen LogP contribution in [0.25, 0.3) is 0 Å². The Labute approximate surface area is 144 Å². The van der Waals surface area contributed by atoms with E-state index in [0.29, 0.717) is 0 Å². The van der Waals surface area contributed by atoms with Gasteiger partial charge in [0.05, 0.1) is 4.92 Å². The van der Waals surface area contributed by atoms with E-state index in [1.165, 1.54) is 12.1 Å². The Morgan fingerprint density at radius 1 is 1.33 bits per heavy atom. The number of carbonyl (C=O) groups is 2. The number of esters is 1. The van der Waals surface area contributed by atoms with Gasteiger partial charge in [-0.3, -0.25) is 14.9 Å². The number of likely N-dealkylation sites (tertiary alicyclic amines) is 1. The molecular formula is C16H19ClN2O5. The number of benzene rings is 1. The minimum absolute atomic E-state index is 0.0838. The number of hydrogen-bond acceptors (Lipinski definition) is 5. The summed E-state index contributed by atoms with van der Waals surface area (Å²) < 4.78 is 4.99. The van der Waals surface area contributed by atoms with Crippen LogP contribution in [0.4, 0.5) is 5.69 Å². The maximum atomic E-state index is 12.3. The summed E-state index contributed by atoms with van der Waals surface area (Å²) in [5, 5.41) is 11.2.